The van der Waals surface area contributed by atoms with Crippen molar-refractivity contribution in [2.24, 2.45) is 0 Å². The van der Waals surface area contributed by atoms with Gasteiger partial charge in [-0.3, -0.25) is 4.79 Å². The molecule has 0 saturated heterocycles. The highest BCUT2D eigenvalue weighted by Gasteiger charge is 2.16. The Labute approximate surface area is 148 Å². The van der Waals surface area contributed by atoms with Gasteiger partial charge >= 0.3 is 0 Å². The number of fused-ring (bicyclic) bond motifs is 2. The molecule has 1 aliphatic heterocycles. The van der Waals surface area contributed by atoms with Crippen molar-refractivity contribution >= 4 is 5.91 Å². The van der Waals surface area contributed by atoms with Crippen LogP contribution in [0.15, 0.2) is 36.4 Å². The molecule has 1 atom stereocenters. The lowest BCUT2D eigenvalue weighted by molar-refractivity contribution is -0.121. The van der Waals surface area contributed by atoms with Crippen molar-refractivity contribution in [3.05, 3.63) is 58.7 Å². The van der Waals surface area contributed by atoms with Crippen molar-refractivity contribution in [3.63, 3.8) is 0 Å². The topological polar surface area (TPSA) is 47.6 Å². The summed E-state index contributed by atoms with van der Waals surface area (Å²) in [6, 6.07) is 12.5. The third-order valence-electron chi connectivity index (χ3n) is 5.08. The molecule has 4 nitrogen and oxygen atoms in total. The van der Waals surface area contributed by atoms with Gasteiger partial charge in [-0.15, -0.1) is 0 Å². The van der Waals surface area contributed by atoms with Crippen LogP contribution >= 0.6 is 0 Å². The lowest BCUT2D eigenvalue weighted by Gasteiger charge is -2.16. The smallest absolute Gasteiger partial charge is 0.231 e. The number of carbonyl (C=O) groups excluding carboxylic acids is 1. The first-order valence-corrected chi connectivity index (χ1v) is 8.98. The molecule has 0 bridgehead atoms. The second-order valence-electron chi connectivity index (χ2n) is 6.86. The molecule has 4 rings (SSSR count). The minimum Gasteiger partial charge on any atom is -0.454 e. The summed E-state index contributed by atoms with van der Waals surface area (Å²) >= 11 is 0. The first-order chi connectivity index (χ1) is 12.2. The molecular formula is C21H23NO3. The minimum atomic E-state index is 0.0372. The monoisotopic (exact) mass is 337 g/mol. The average molecular weight is 337 g/mol. The molecule has 1 heterocycles. The van der Waals surface area contributed by atoms with Crippen LogP contribution in [0.5, 0.6) is 11.5 Å². The molecule has 1 unspecified atom stereocenters. The number of nitrogens with one attached hydrogen (secondary N) is 1. The van der Waals surface area contributed by atoms with Crippen LogP contribution in [0.2, 0.25) is 0 Å². The van der Waals surface area contributed by atoms with Crippen LogP contribution in [0.1, 0.15) is 48.1 Å². The summed E-state index contributed by atoms with van der Waals surface area (Å²) in [7, 11) is 0. The van der Waals surface area contributed by atoms with E-state index in [-0.39, 0.29) is 18.7 Å². The van der Waals surface area contributed by atoms with E-state index in [2.05, 4.69) is 30.4 Å². The normalized spacial score (nSPS) is 15.7. The zero-order chi connectivity index (χ0) is 17.2. The Morgan fingerprint density at radius 2 is 1.92 bits per heavy atom. The minimum absolute atomic E-state index is 0.0372. The van der Waals surface area contributed by atoms with Gasteiger partial charge in [-0.2, -0.15) is 0 Å². The summed E-state index contributed by atoms with van der Waals surface area (Å²) in [6.07, 6.45) is 4.75. The Hall–Kier alpha value is -2.49. The van der Waals surface area contributed by atoms with Crippen molar-refractivity contribution in [3.8, 4) is 11.5 Å². The standard InChI is InChI=1S/C21H23NO3/c1-14(17-8-7-16-3-2-4-18(16)12-17)22-21(23)10-6-15-5-9-19-20(11-15)25-13-24-19/h5,7-9,11-12,14H,2-4,6,10,13H2,1H3,(H,22,23). The fourth-order valence-electron chi connectivity index (χ4n) is 3.61. The van der Waals surface area contributed by atoms with Gasteiger partial charge in [-0.25, -0.2) is 0 Å². The number of carbonyl (C=O) groups is 1. The summed E-state index contributed by atoms with van der Waals surface area (Å²) in [5, 5.41) is 3.12. The first kappa shape index (κ1) is 16.0. The Morgan fingerprint density at radius 3 is 2.84 bits per heavy atom. The summed E-state index contributed by atoms with van der Waals surface area (Å²) in [6.45, 7) is 2.33. The molecule has 1 aliphatic carbocycles. The van der Waals surface area contributed by atoms with Gasteiger partial charge in [-0.05, 0) is 67.0 Å². The summed E-state index contributed by atoms with van der Waals surface area (Å²) < 4.78 is 10.7. The Kier molecular flexibility index (Phi) is 4.35. The second kappa shape index (κ2) is 6.79. The molecule has 0 spiro atoms. The molecule has 1 N–H and O–H groups in total. The third kappa shape index (κ3) is 3.48. The lowest BCUT2D eigenvalue weighted by Crippen LogP contribution is -2.26. The molecule has 2 aliphatic rings. The van der Waals surface area contributed by atoms with E-state index in [1.165, 1.54) is 29.5 Å². The summed E-state index contributed by atoms with van der Waals surface area (Å²) in [4.78, 5) is 12.3. The predicted octanol–water partition coefficient (Wildman–Crippen LogP) is 3.71. The Balaban J connectivity index is 1.32. The maximum absolute atomic E-state index is 12.3. The zero-order valence-electron chi connectivity index (χ0n) is 14.5. The second-order valence-corrected chi connectivity index (χ2v) is 6.86. The van der Waals surface area contributed by atoms with Gasteiger partial charge in [0.05, 0.1) is 6.04 Å². The van der Waals surface area contributed by atoms with Crippen molar-refractivity contribution in [2.75, 3.05) is 6.79 Å². The molecule has 0 radical (unpaired) electrons. The van der Waals surface area contributed by atoms with Crippen LogP contribution in [0, 0.1) is 0 Å². The molecule has 0 saturated carbocycles. The van der Waals surface area contributed by atoms with E-state index < -0.39 is 0 Å². The van der Waals surface area contributed by atoms with E-state index >= 15 is 0 Å². The van der Waals surface area contributed by atoms with Gasteiger partial charge in [-0.1, -0.05) is 24.3 Å². The molecule has 4 heteroatoms. The average Bonchev–Trinajstić information content (AvgIpc) is 3.27. The van der Waals surface area contributed by atoms with Gasteiger partial charge in [0.15, 0.2) is 11.5 Å². The van der Waals surface area contributed by atoms with Crippen LogP contribution < -0.4 is 14.8 Å². The Bertz CT molecular complexity index is 800. The molecule has 25 heavy (non-hydrogen) atoms. The van der Waals surface area contributed by atoms with Gasteiger partial charge in [0.1, 0.15) is 0 Å². The molecule has 130 valence electrons. The highest BCUT2D eigenvalue weighted by Crippen LogP contribution is 2.32. The van der Waals surface area contributed by atoms with E-state index in [1.807, 2.05) is 18.2 Å². The van der Waals surface area contributed by atoms with Crippen LogP contribution in [0.4, 0.5) is 0 Å². The van der Waals surface area contributed by atoms with E-state index in [0.717, 1.165) is 23.5 Å². The van der Waals surface area contributed by atoms with Gasteiger partial charge in [0.25, 0.3) is 0 Å². The van der Waals surface area contributed by atoms with Gasteiger partial charge < -0.3 is 14.8 Å². The summed E-state index contributed by atoms with van der Waals surface area (Å²) in [5.74, 6) is 1.62. The van der Waals surface area contributed by atoms with Crippen LogP contribution in [-0.2, 0) is 24.1 Å². The number of amides is 1. The number of aryl methyl sites for hydroxylation is 3. The molecule has 0 fully saturated rings. The quantitative estimate of drug-likeness (QED) is 0.905. The SMILES string of the molecule is CC(NC(=O)CCc1ccc2c(c1)OCO2)c1ccc2c(c1)CCC2. The molecule has 2 aromatic carbocycles. The highest BCUT2D eigenvalue weighted by molar-refractivity contribution is 5.76. The van der Waals surface area contributed by atoms with Crippen molar-refractivity contribution < 1.29 is 14.3 Å². The molecule has 0 aromatic heterocycles. The van der Waals surface area contributed by atoms with E-state index in [9.17, 15) is 4.79 Å². The largest absolute Gasteiger partial charge is 0.454 e. The van der Waals surface area contributed by atoms with Crippen LogP contribution in [0.25, 0.3) is 0 Å². The maximum Gasteiger partial charge on any atom is 0.231 e. The molecule has 2 aromatic rings. The number of rotatable bonds is 5. The van der Waals surface area contributed by atoms with Crippen molar-refractivity contribution in [2.45, 2.75) is 45.1 Å². The number of hydrogen-bond donors (Lipinski definition) is 1. The number of benzene rings is 2. The van der Waals surface area contributed by atoms with Gasteiger partial charge in [0, 0.05) is 6.42 Å². The predicted molar refractivity (Wildman–Crippen MR) is 95.9 cm³/mol. The fourth-order valence-corrected chi connectivity index (χ4v) is 3.61. The first-order valence-electron chi connectivity index (χ1n) is 8.98. The number of hydrogen-bond acceptors (Lipinski definition) is 3. The maximum atomic E-state index is 12.3. The molecular weight excluding hydrogens is 314 g/mol. The number of ether oxygens (including phenoxy) is 2. The van der Waals surface area contributed by atoms with E-state index in [4.69, 9.17) is 9.47 Å². The van der Waals surface area contributed by atoms with Crippen LogP contribution in [0.3, 0.4) is 0 Å². The van der Waals surface area contributed by atoms with Crippen LogP contribution in [-0.4, -0.2) is 12.7 Å². The third-order valence-corrected chi connectivity index (χ3v) is 5.08. The zero-order valence-corrected chi connectivity index (χ0v) is 14.5. The lowest BCUT2D eigenvalue weighted by atomic mass is 10.0. The summed E-state index contributed by atoms with van der Waals surface area (Å²) in [5.41, 5.74) is 5.19. The Morgan fingerprint density at radius 1 is 1.08 bits per heavy atom. The van der Waals surface area contributed by atoms with E-state index in [1.54, 1.807) is 0 Å². The van der Waals surface area contributed by atoms with Gasteiger partial charge in [0.2, 0.25) is 12.7 Å². The van der Waals surface area contributed by atoms with E-state index in [0.29, 0.717) is 12.8 Å². The van der Waals surface area contributed by atoms with Crippen molar-refractivity contribution in [1.29, 1.82) is 0 Å². The fraction of sp³-hybridized carbons (Fsp3) is 0.381. The highest BCUT2D eigenvalue weighted by atomic mass is 16.7. The molecule has 1 amide bonds. The van der Waals surface area contributed by atoms with Crippen molar-refractivity contribution in [1.82, 2.24) is 5.32 Å².